The molecule has 2 aromatic heterocycles. The number of hydrogen-bond acceptors (Lipinski definition) is 5. The summed E-state index contributed by atoms with van der Waals surface area (Å²) in [7, 11) is 1.46. The highest BCUT2D eigenvalue weighted by Crippen LogP contribution is 2.32. The lowest BCUT2D eigenvalue weighted by molar-refractivity contribution is 0.0948. The van der Waals surface area contributed by atoms with Gasteiger partial charge in [-0.1, -0.05) is 22.0 Å². The van der Waals surface area contributed by atoms with Crippen LogP contribution in [0.15, 0.2) is 46.1 Å². The number of phenolic OH excluding ortho intramolecular Hbond substituents is 1. The lowest BCUT2D eigenvalue weighted by atomic mass is 10.2. The zero-order valence-electron chi connectivity index (χ0n) is 13.5. The number of nitrogens with zero attached hydrogens (tertiary/aromatic N) is 3. The number of nitrogens with one attached hydrogen (secondary N) is 1. The smallest absolute Gasteiger partial charge is 0.290 e. The monoisotopic (exact) mass is 402 g/mol. The van der Waals surface area contributed by atoms with Gasteiger partial charge in [-0.15, -0.1) is 0 Å². The second-order valence-corrected chi connectivity index (χ2v) is 6.14. The lowest BCUT2D eigenvalue weighted by Gasteiger charge is -2.07. The highest BCUT2D eigenvalue weighted by Gasteiger charge is 2.15. The number of carbonyl (C=O) groups excluding carboxylic acids is 1. The number of benzene rings is 1. The lowest BCUT2D eigenvalue weighted by Crippen LogP contribution is -2.20. The maximum Gasteiger partial charge on any atom is 0.290 e. The van der Waals surface area contributed by atoms with E-state index in [1.165, 1.54) is 13.3 Å². The van der Waals surface area contributed by atoms with E-state index >= 15 is 0 Å². The predicted octanol–water partition coefficient (Wildman–Crippen LogP) is 2.88. The number of methoxy groups -OCH3 is 1. The minimum Gasteiger partial charge on any atom is -0.504 e. The molecule has 0 radical (unpaired) electrons. The second kappa shape index (κ2) is 6.94. The number of amides is 1. The Hall–Kier alpha value is -2.87. The van der Waals surface area contributed by atoms with Crippen LogP contribution in [-0.4, -0.2) is 33.7 Å². The third-order valence-electron chi connectivity index (χ3n) is 3.58. The molecule has 128 valence electrons. The summed E-state index contributed by atoms with van der Waals surface area (Å²) in [4.78, 5) is 16.8. The molecular formula is C17H15BrN4O3. The molecule has 2 heterocycles. The van der Waals surface area contributed by atoms with Gasteiger partial charge in [-0.2, -0.15) is 5.10 Å². The average molecular weight is 403 g/mol. The van der Waals surface area contributed by atoms with Crippen molar-refractivity contribution in [3.05, 3.63) is 58.0 Å². The first-order valence-electron chi connectivity index (χ1n) is 7.35. The molecule has 25 heavy (non-hydrogen) atoms. The number of hydrazone groups is 1. The van der Waals surface area contributed by atoms with E-state index < -0.39 is 5.91 Å². The number of phenols is 1. The average Bonchev–Trinajstić information content (AvgIpc) is 2.93. The van der Waals surface area contributed by atoms with Crippen LogP contribution in [0.5, 0.6) is 11.5 Å². The topological polar surface area (TPSA) is 88.2 Å². The second-order valence-electron chi connectivity index (χ2n) is 5.22. The molecule has 0 aliphatic rings. The first-order valence-corrected chi connectivity index (χ1v) is 8.14. The quantitative estimate of drug-likeness (QED) is 0.518. The van der Waals surface area contributed by atoms with E-state index in [4.69, 9.17) is 4.74 Å². The number of hydrogen-bond donors (Lipinski definition) is 2. The Balaban J connectivity index is 1.84. The molecule has 0 aliphatic carbocycles. The largest absolute Gasteiger partial charge is 0.504 e. The Morgan fingerprint density at radius 2 is 2.24 bits per heavy atom. The molecule has 8 heteroatoms. The molecule has 0 aliphatic heterocycles. The van der Waals surface area contributed by atoms with E-state index in [0.717, 1.165) is 0 Å². The van der Waals surface area contributed by atoms with Crippen molar-refractivity contribution in [2.45, 2.75) is 6.92 Å². The van der Waals surface area contributed by atoms with Crippen molar-refractivity contribution in [1.29, 1.82) is 0 Å². The van der Waals surface area contributed by atoms with Gasteiger partial charge < -0.3 is 9.84 Å². The zero-order valence-corrected chi connectivity index (χ0v) is 15.1. The van der Waals surface area contributed by atoms with Crippen LogP contribution in [0.2, 0.25) is 0 Å². The third kappa shape index (κ3) is 3.34. The number of ether oxygens (including phenoxy) is 1. The molecule has 1 aromatic carbocycles. The van der Waals surface area contributed by atoms with Gasteiger partial charge in [0.15, 0.2) is 11.5 Å². The normalized spacial score (nSPS) is 11.2. The number of aromatic hydroxyl groups is 1. The molecule has 7 nitrogen and oxygen atoms in total. The Bertz CT molecular complexity index is 981. The van der Waals surface area contributed by atoms with Crippen LogP contribution >= 0.6 is 15.9 Å². The third-order valence-corrected chi connectivity index (χ3v) is 4.04. The van der Waals surface area contributed by atoms with Crippen LogP contribution in [-0.2, 0) is 0 Å². The van der Waals surface area contributed by atoms with Crippen molar-refractivity contribution < 1.29 is 14.6 Å². The molecule has 3 aromatic rings. The van der Waals surface area contributed by atoms with E-state index in [1.54, 1.807) is 29.7 Å². The number of halogens is 1. The fourth-order valence-electron chi connectivity index (χ4n) is 2.45. The Morgan fingerprint density at radius 1 is 1.44 bits per heavy atom. The van der Waals surface area contributed by atoms with Gasteiger partial charge in [-0.05, 0) is 31.2 Å². The number of carbonyl (C=O) groups is 1. The first-order chi connectivity index (χ1) is 12.0. The van der Waals surface area contributed by atoms with E-state index in [9.17, 15) is 9.90 Å². The summed E-state index contributed by atoms with van der Waals surface area (Å²) < 4.78 is 7.49. The van der Waals surface area contributed by atoms with Gasteiger partial charge in [0.05, 0.1) is 19.0 Å². The minimum absolute atomic E-state index is 0.0605. The van der Waals surface area contributed by atoms with E-state index in [0.29, 0.717) is 32.8 Å². The summed E-state index contributed by atoms with van der Waals surface area (Å²) in [5.41, 5.74) is 4.55. The summed E-state index contributed by atoms with van der Waals surface area (Å²) in [5, 5.41) is 14.0. The highest BCUT2D eigenvalue weighted by atomic mass is 79.9. The van der Waals surface area contributed by atoms with Crippen molar-refractivity contribution in [3.8, 4) is 11.5 Å². The van der Waals surface area contributed by atoms with Crippen molar-refractivity contribution in [3.63, 3.8) is 0 Å². The number of imidazole rings is 1. The molecule has 0 fully saturated rings. The summed E-state index contributed by atoms with van der Waals surface area (Å²) in [6, 6.07) is 8.78. The van der Waals surface area contributed by atoms with E-state index in [2.05, 4.69) is 31.4 Å². The van der Waals surface area contributed by atoms with Crippen molar-refractivity contribution in [1.82, 2.24) is 14.8 Å². The van der Waals surface area contributed by atoms with Crippen molar-refractivity contribution in [2.75, 3.05) is 7.11 Å². The van der Waals surface area contributed by atoms with Crippen LogP contribution in [0, 0.1) is 6.92 Å². The van der Waals surface area contributed by atoms with Crippen molar-refractivity contribution in [2.24, 2.45) is 5.10 Å². The molecule has 1 amide bonds. The summed E-state index contributed by atoms with van der Waals surface area (Å²) in [6.07, 6.45) is 3.11. The van der Waals surface area contributed by atoms with Gasteiger partial charge in [0.25, 0.3) is 5.91 Å². The standard InChI is InChI=1S/C17H15BrN4O3/c1-10-15(22-6-4-3-5-14(22)20-10)17(24)21-19-9-11-7-12(18)8-13(25-2)16(11)23/h3-9,23H,1-2H3,(H,21,24)/b19-9+. The maximum absolute atomic E-state index is 12.4. The van der Waals surface area contributed by atoms with Crippen molar-refractivity contribution >= 4 is 33.7 Å². The number of aryl methyl sites for hydroxylation is 1. The van der Waals surface area contributed by atoms with Crippen LogP contribution in [0.4, 0.5) is 0 Å². The summed E-state index contributed by atoms with van der Waals surface area (Å²) in [6.45, 7) is 1.76. The molecule has 0 saturated carbocycles. The number of aromatic nitrogens is 2. The highest BCUT2D eigenvalue weighted by molar-refractivity contribution is 9.10. The minimum atomic E-state index is -0.395. The molecule has 2 N–H and O–H groups in total. The number of pyridine rings is 1. The van der Waals surface area contributed by atoms with Crippen LogP contribution in [0.25, 0.3) is 5.65 Å². The number of fused-ring (bicyclic) bond motifs is 1. The van der Waals surface area contributed by atoms with Crippen LogP contribution < -0.4 is 10.2 Å². The van der Waals surface area contributed by atoms with Gasteiger partial charge in [-0.25, -0.2) is 10.4 Å². The van der Waals surface area contributed by atoms with E-state index in [-0.39, 0.29) is 5.75 Å². The first kappa shape index (κ1) is 17.0. The molecule has 0 atom stereocenters. The zero-order chi connectivity index (χ0) is 18.0. The maximum atomic E-state index is 12.4. The summed E-state index contributed by atoms with van der Waals surface area (Å²) >= 11 is 3.33. The fourth-order valence-corrected chi connectivity index (χ4v) is 2.90. The molecule has 3 rings (SSSR count). The molecule has 0 saturated heterocycles. The Labute approximate surface area is 152 Å². The van der Waals surface area contributed by atoms with E-state index in [1.807, 2.05) is 18.2 Å². The number of rotatable bonds is 4. The molecule has 0 unspecified atom stereocenters. The molecule has 0 bridgehead atoms. The van der Waals surface area contributed by atoms with Gasteiger partial charge in [-0.3, -0.25) is 9.20 Å². The van der Waals surface area contributed by atoms with Gasteiger partial charge in [0.2, 0.25) is 0 Å². The Kier molecular flexibility index (Phi) is 4.71. The summed E-state index contributed by atoms with van der Waals surface area (Å²) in [5.74, 6) is -0.150. The van der Waals surface area contributed by atoms with Crippen LogP contribution in [0.3, 0.4) is 0 Å². The molecule has 0 spiro atoms. The predicted molar refractivity (Wildman–Crippen MR) is 97.3 cm³/mol. The van der Waals surface area contributed by atoms with Gasteiger partial charge in [0, 0.05) is 16.2 Å². The Morgan fingerprint density at radius 3 is 3.00 bits per heavy atom. The SMILES string of the molecule is COc1cc(Br)cc(/C=N/NC(=O)c2c(C)nc3ccccn23)c1O. The molecular weight excluding hydrogens is 388 g/mol. The van der Waals surface area contributed by atoms with Gasteiger partial charge >= 0.3 is 0 Å². The van der Waals surface area contributed by atoms with Gasteiger partial charge in [0.1, 0.15) is 11.3 Å². The van der Waals surface area contributed by atoms with Crippen LogP contribution in [0.1, 0.15) is 21.7 Å². The fraction of sp³-hybridized carbons (Fsp3) is 0.118.